The second kappa shape index (κ2) is 9.29. The molecule has 3 rings (SSSR count). The Labute approximate surface area is 172 Å². The summed E-state index contributed by atoms with van der Waals surface area (Å²) in [7, 11) is 1.33. The van der Waals surface area contributed by atoms with E-state index in [1.807, 2.05) is 6.92 Å². The van der Waals surface area contributed by atoms with Gasteiger partial charge in [0.15, 0.2) is 6.04 Å². The second-order valence-electron chi connectivity index (χ2n) is 6.27. The van der Waals surface area contributed by atoms with Crippen molar-refractivity contribution in [3.63, 3.8) is 0 Å². The van der Waals surface area contributed by atoms with Crippen molar-refractivity contribution in [2.45, 2.75) is 25.9 Å². The molecule has 1 aromatic heterocycles. The number of benzene rings is 2. The summed E-state index contributed by atoms with van der Waals surface area (Å²) in [6.07, 6.45) is 0.504. The zero-order valence-electron chi connectivity index (χ0n) is 16.0. The number of carbonyl (C=O) groups is 2. The average molecular weight is 414 g/mol. The van der Waals surface area contributed by atoms with Crippen LogP contribution in [0.5, 0.6) is 0 Å². The molecule has 2 aromatic carbocycles. The highest BCUT2D eigenvalue weighted by Gasteiger charge is 2.21. The molecule has 29 heavy (non-hydrogen) atoms. The SMILES string of the molecule is CCC(C(=O)NCc1ccc(C(=O)OC)cc1)n1nnc(-c2ccc(Cl)cc2)n1. The van der Waals surface area contributed by atoms with E-state index in [4.69, 9.17) is 11.6 Å². The fourth-order valence-corrected chi connectivity index (χ4v) is 2.83. The highest BCUT2D eigenvalue weighted by Crippen LogP contribution is 2.18. The highest BCUT2D eigenvalue weighted by atomic mass is 35.5. The first-order chi connectivity index (χ1) is 14.0. The van der Waals surface area contributed by atoms with Crippen molar-refractivity contribution in [1.82, 2.24) is 25.5 Å². The fraction of sp³-hybridized carbons (Fsp3) is 0.250. The molecule has 0 radical (unpaired) electrons. The summed E-state index contributed by atoms with van der Waals surface area (Å²) >= 11 is 5.90. The van der Waals surface area contributed by atoms with Crippen molar-refractivity contribution in [3.05, 3.63) is 64.7 Å². The summed E-state index contributed by atoms with van der Waals surface area (Å²) in [5, 5.41) is 15.9. The Hall–Kier alpha value is -3.26. The summed E-state index contributed by atoms with van der Waals surface area (Å²) in [6.45, 7) is 2.19. The van der Waals surface area contributed by atoms with E-state index in [0.29, 0.717) is 29.4 Å². The molecule has 0 aliphatic carbocycles. The third-order valence-electron chi connectivity index (χ3n) is 4.34. The number of hydrogen-bond acceptors (Lipinski definition) is 6. The van der Waals surface area contributed by atoms with Gasteiger partial charge in [0.2, 0.25) is 11.7 Å². The number of esters is 1. The van der Waals surface area contributed by atoms with Crippen LogP contribution in [0.4, 0.5) is 0 Å². The standard InChI is InChI=1S/C20H20ClN5O3/c1-3-17(26-24-18(23-25-26)14-8-10-16(21)11-9-14)19(27)22-12-13-4-6-15(7-5-13)20(28)29-2/h4-11,17H,3,12H2,1-2H3,(H,22,27). The van der Waals surface area contributed by atoms with Crippen LogP contribution in [0.2, 0.25) is 5.02 Å². The van der Waals surface area contributed by atoms with Gasteiger partial charge in [0.1, 0.15) is 0 Å². The topological polar surface area (TPSA) is 99.0 Å². The molecule has 0 fully saturated rings. The van der Waals surface area contributed by atoms with E-state index in [0.717, 1.165) is 11.1 Å². The normalized spacial score (nSPS) is 11.7. The van der Waals surface area contributed by atoms with E-state index in [1.165, 1.54) is 11.9 Å². The van der Waals surface area contributed by atoms with Gasteiger partial charge in [0, 0.05) is 17.1 Å². The Kier molecular flexibility index (Phi) is 6.56. The fourth-order valence-electron chi connectivity index (χ4n) is 2.71. The number of nitrogens with one attached hydrogen (secondary N) is 1. The molecule has 1 heterocycles. The molecule has 1 N–H and O–H groups in total. The number of nitrogens with zero attached hydrogens (tertiary/aromatic N) is 4. The molecule has 0 saturated carbocycles. The van der Waals surface area contributed by atoms with E-state index in [9.17, 15) is 9.59 Å². The largest absolute Gasteiger partial charge is 0.465 e. The van der Waals surface area contributed by atoms with Gasteiger partial charge < -0.3 is 10.1 Å². The van der Waals surface area contributed by atoms with Crippen molar-refractivity contribution >= 4 is 23.5 Å². The van der Waals surface area contributed by atoms with Gasteiger partial charge in [-0.1, -0.05) is 30.7 Å². The molecular formula is C20H20ClN5O3. The summed E-state index contributed by atoms with van der Waals surface area (Å²) in [4.78, 5) is 25.4. The van der Waals surface area contributed by atoms with Gasteiger partial charge in [-0.3, -0.25) is 4.79 Å². The lowest BCUT2D eigenvalue weighted by molar-refractivity contribution is -0.125. The molecule has 0 aliphatic heterocycles. The number of halogens is 1. The highest BCUT2D eigenvalue weighted by molar-refractivity contribution is 6.30. The molecule has 0 aliphatic rings. The smallest absolute Gasteiger partial charge is 0.337 e. The number of hydrogen-bond donors (Lipinski definition) is 1. The minimum absolute atomic E-state index is 0.218. The maximum absolute atomic E-state index is 12.6. The van der Waals surface area contributed by atoms with Crippen LogP contribution < -0.4 is 5.32 Å². The van der Waals surface area contributed by atoms with Crippen LogP contribution in [0.1, 0.15) is 35.3 Å². The van der Waals surface area contributed by atoms with E-state index in [-0.39, 0.29) is 5.91 Å². The Balaban J connectivity index is 1.65. The van der Waals surface area contributed by atoms with Gasteiger partial charge >= 0.3 is 5.97 Å². The number of amides is 1. The van der Waals surface area contributed by atoms with Crippen LogP contribution in [-0.2, 0) is 16.1 Å². The summed E-state index contributed by atoms with van der Waals surface area (Å²) in [5.41, 5.74) is 2.08. The number of tetrazole rings is 1. The monoisotopic (exact) mass is 413 g/mol. The molecule has 1 amide bonds. The van der Waals surface area contributed by atoms with Crippen LogP contribution in [0.3, 0.4) is 0 Å². The van der Waals surface area contributed by atoms with Crippen LogP contribution in [0.25, 0.3) is 11.4 Å². The predicted octanol–water partition coefficient (Wildman–Crippen LogP) is 3.05. The van der Waals surface area contributed by atoms with Crippen LogP contribution in [0.15, 0.2) is 48.5 Å². The van der Waals surface area contributed by atoms with E-state index >= 15 is 0 Å². The molecular weight excluding hydrogens is 394 g/mol. The van der Waals surface area contributed by atoms with Crippen molar-refractivity contribution in [3.8, 4) is 11.4 Å². The molecule has 3 aromatic rings. The lowest BCUT2D eigenvalue weighted by Gasteiger charge is -2.13. The lowest BCUT2D eigenvalue weighted by Crippen LogP contribution is -2.33. The molecule has 8 nitrogen and oxygen atoms in total. The first-order valence-corrected chi connectivity index (χ1v) is 9.40. The summed E-state index contributed by atoms with van der Waals surface area (Å²) in [5.74, 6) is -0.198. The molecule has 1 unspecified atom stereocenters. The molecule has 0 saturated heterocycles. The Morgan fingerprint density at radius 2 is 1.83 bits per heavy atom. The number of rotatable bonds is 7. The number of ether oxygens (including phenoxy) is 1. The quantitative estimate of drug-likeness (QED) is 0.597. The first-order valence-electron chi connectivity index (χ1n) is 9.02. The van der Waals surface area contributed by atoms with Gasteiger partial charge in [-0.2, -0.15) is 4.80 Å². The van der Waals surface area contributed by atoms with E-state index in [2.05, 4.69) is 25.5 Å². The van der Waals surface area contributed by atoms with Crippen molar-refractivity contribution in [2.24, 2.45) is 0 Å². The maximum Gasteiger partial charge on any atom is 0.337 e. The molecule has 0 bridgehead atoms. The summed E-state index contributed by atoms with van der Waals surface area (Å²) < 4.78 is 4.67. The number of carbonyl (C=O) groups excluding carboxylic acids is 2. The van der Waals surface area contributed by atoms with Crippen molar-refractivity contribution in [1.29, 1.82) is 0 Å². The number of methoxy groups -OCH3 is 1. The third-order valence-corrected chi connectivity index (χ3v) is 4.59. The maximum atomic E-state index is 12.6. The molecule has 9 heteroatoms. The van der Waals surface area contributed by atoms with Crippen LogP contribution in [-0.4, -0.2) is 39.2 Å². The average Bonchev–Trinajstić information content (AvgIpc) is 3.23. The lowest BCUT2D eigenvalue weighted by atomic mass is 10.1. The van der Waals surface area contributed by atoms with Crippen LogP contribution in [0, 0.1) is 0 Å². The minimum atomic E-state index is -0.585. The van der Waals surface area contributed by atoms with Gasteiger partial charge in [0.25, 0.3) is 0 Å². The second-order valence-corrected chi connectivity index (χ2v) is 6.71. The Morgan fingerprint density at radius 1 is 1.14 bits per heavy atom. The Bertz CT molecular complexity index is 986. The van der Waals surface area contributed by atoms with Crippen molar-refractivity contribution < 1.29 is 14.3 Å². The summed E-state index contributed by atoms with van der Waals surface area (Å²) in [6, 6.07) is 13.3. The molecule has 0 spiro atoms. The molecule has 1 atom stereocenters. The van der Waals surface area contributed by atoms with Gasteiger partial charge in [-0.15, -0.1) is 10.2 Å². The molecule has 150 valence electrons. The minimum Gasteiger partial charge on any atom is -0.465 e. The van der Waals surface area contributed by atoms with Crippen molar-refractivity contribution in [2.75, 3.05) is 7.11 Å². The van der Waals surface area contributed by atoms with Gasteiger partial charge in [-0.05, 0) is 53.6 Å². The zero-order chi connectivity index (χ0) is 20.8. The zero-order valence-corrected chi connectivity index (χ0v) is 16.8. The van der Waals surface area contributed by atoms with E-state index < -0.39 is 12.0 Å². The van der Waals surface area contributed by atoms with E-state index in [1.54, 1.807) is 48.5 Å². The van der Waals surface area contributed by atoms with Gasteiger partial charge in [0.05, 0.1) is 12.7 Å². The van der Waals surface area contributed by atoms with Crippen LogP contribution >= 0.6 is 11.6 Å². The Morgan fingerprint density at radius 3 is 2.45 bits per heavy atom. The predicted molar refractivity (Wildman–Crippen MR) is 107 cm³/mol. The number of aromatic nitrogens is 4. The van der Waals surface area contributed by atoms with Gasteiger partial charge in [-0.25, -0.2) is 4.79 Å². The third kappa shape index (κ3) is 4.97. The first kappa shape index (κ1) is 20.5.